The van der Waals surface area contributed by atoms with Crippen LogP contribution in [0.5, 0.6) is 0 Å². The fourth-order valence-electron chi connectivity index (χ4n) is 4.79. The summed E-state index contributed by atoms with van der Waals surface area (Å²) in [6, 6.07) is 4.56. The van der Waals surface area contributed by atoms with Crippen LogP contribution in [0.25, 0.3) is 0 Å². The van der Waals surface area contributed by atoms with Gasteiger partial charge in [-0.05, 0) is 54.2 Å². The summed E-state index contributed by atoms with van der Waals surface area (Å²) in [5.41, 5.74) is 0. The van der Waals surface area contributed by atoms with E-state index in [4.69, 9.17) is 9.15 Å². The van der Waals surface area contributed by atoms with Crippen molar-refractivity contribution in [1.29, 1.82) is 0 Å². The van der Waals surface area contributed by atoms with E-state index in [2.05, 4.69) is 39.0 Å². The lowest BCUT2D eigenvalue weighted by Gasteiger charge is -2.35. The van der Waals surface area contributed by atoms with Gasteiger partial charge in [0.05, 0.1) is 31.0 Å². The molecule has 0 amide bonds. The maximum Gasteiger partial charge on any atom is 0.168 e. The summed E-state index contributed by atoms with van der Waals surface area (Å²) in [5, 5.41) is 13.0. The number of rotatable bonds is 8. The van der Waals surface area contributed by atoms with Gasteiger partial charge in [0.15, 0.2) is 5.82 Å². The summed E-state index contributed by atoms with van der Waals surface area (Å²) in [6.07, 6.45) is 10.5. The summed E-state index contributed by atoms with van der Waals surface area (Å²) < 4.78 is 13.8. The second kappa shape index (κ2) is 9.18. The molecule has 2 aromatic heterocycles. The second-order valence-corrected chi connectivity index (χ2v) is 8.61. The molecule has 7 heteroatoms. The minimum absolute atomic E-state index is 0.131. The normalized spacial score (nSPS) is 22.4. The molecule has 0 radical (unpaired) electrons. The first-order chi connectivity index (χ1) is 13.7. The molecule has 0 aromatic carbocycles. The molecule has 2 atom stereocenters. The molecule has 2 unspecified atom stereocenters. The Morgan fingerprint density at radius 3 is 2.71 bits per heavy atom. The molecule has 2 aromatic rings. The number of aromatic nitrogens is 4. The van der Waals surface area contributed by atoms with Gasteiger partial charge in [0.25, 0.3) is 0 Å². The van der Waals surface area contributed by atoms with Crippen LogP contribution in [0.15, 0.2) is 22.8 Å². The first-order valence-corrected chi connectivity index (χ1v) is 10.9. The quantitative estimate of drug-likeness (QED) is 0.678. The molecule has 2 aliphatic rings. The average Bonchev–Trinajstić information content (AvgIpc) is 3.45. The lowest BCUT2D eigenvalue weighted by atomic mass is 9.94. The van der Waals surface area contributed by atoms with Gasteiger partial charge in [-0.2, -0.15) is 0 Å². The Morgan fingerprint density at radius 1 is 1.18 bits per heavy atom. The molecule has 0 N–H and O–H groups in total. The van der Waals surface area contributed by atoms with Crippen LogP contribution in [0.2, 0.25) is 0 Å². The molecule has 3 heterocycles. The number of hydrogen-bond acceptors (Lipinski definition) is 6. The highest BCUT2D eigenvalue weighted by molar-refractivity contribution is 5.03. The zero-order valence-corrected chi connectivity index (χ0v) is 17.2. The summed E-state index contributed by atoms with van der Waals surface area (Å²) in [6.45, 7) is 7.00. The minimum Gasteiger partial charge on any atom is -0.468 e. The predicted molar refractivity (Wildman–Crippen MR) is 106 cm³/mol. The van der Waals surface area contributed by atoms with E-state index in [1.54, 1.807) is 6.26 Å². The van der Waals surface area contributed by atoms with Gasteiger partial charge in [-0.25, -0.2) is 4.68 Å². The smallest absolute Gasteiger partial charge is 0.168 e. The Morgan fingerprint density at radius 2 is 2.04 bits per heavy atom. The van der Waals surface area contributed by atoms with Crippen LogP contribution in [-0.2, 0) is 11.3 Å². The lowest BCUT2D eigenvalue weighted by molar-refractivity contribution is 0.0344. The van der Waals surface area contributed by atoms with Crippen molar-refractivity contribution in [2.45, 2.75) is 83.5 Å². The van der Waals surface area contributed by atoms with E-state index in [1.807, 2.05) is 12.1 Å². The number of hydrogen-bond donors (Lipinski definition) is 0. The van der Waals surface area contributed by atoms with Crippen LogP contribution in [0.3, 0.4) is 0 Å². The Hall–Kier alpha value is -1.73. The molecule has 2 fully saturated rings. The third kappa shape index (κ3) is 4.46. The Kier molecular flexibility index (Phi) is 6.42. The van der Waals surface area contributed by atoms with E-state index < -0.39 is 0 Å². The molecule has 1 saturated heterocycles. The molecule has 4 rings (SSSR count). The number of nitrogens with zero attached hydrogens (tertiary/aromatic N) is 5. The Bertz CT molecular complexity index is 702. The molecular weight excluding hydrogens is 354 g/mol. The second-order valence-electron chi connectivity index (χ2n) is 8.61. The zero-order valence-electron chi connectivity index (χ0n) is 17.2. The van der Waals surface area contributed by atoms with Gasteiger partial charge in [-0.1, -0.05) is 33.1 Å². The van der Waals surface area contributed by atoms with Crippen molar-refractivity contribution < 1.29 is 9.15 Å². The fourth-order valence-corrected chi connectivity index (χ4v) is 4.79. The van der Waals surface area contributed by atoms with E-state index in [9.17, 15) is 0 Å². The molecular formula is C21H33N5O2. The third-order valence-electron chi connectivity index (χ3n) is 6.13. The van der Waals surface area contributed by atoms with Crippen molar-refractivity contribution in [2.24, 2.45) is 5.92 Å². The van der Waals surface area contributed by atoms with E-state index in [0.717, 1.165) is 44.1 Å². The fraction of sp³-hybridized carbons (Fsp3) is 0.762. The first-order valence-electron chi connectivity index (χ1n) is 10.9. The van der Waals surface area contributed by atoms with Gasteiger partial charge in [0, 0.05) is 13.2 Å². The van der Waals surface area contributed by atoms with Gasteiger partial charge < -0.3 is 9.15 Å². The molecule has 0 spiro atoms. The van der Waals surface area contributed by atoms with Gasteiger partial charge in [0.1, 0.15) is 5.76 Å². The van der Waals surface area contributed by atoms with Crippen LogP contribution in [-0.4, -0.2) is 44.4 Å². The largest absolute Gasteiger partial charge is 0.468 e. The maximum absolute atomic E-state index is 5.97. The van der Waals surface area contributed by atoms with Crippen molar-refractivity contribution >= 4 is 0 Å². The van der Waals surface area contributed by atoms with Crippen molar-refractivity contribution in [3.63, 3.8) is 0 Å². The zero-order chi connectivity index (χ0) is 19.3. The highest BCUT2D eigenvalue weighted by Crippen LogP contribution is 2.34. The molecule has 1 aliphatic heterocycles. The predicted octanol–water partition coefficient (Wildman–Crippen LogP) is 4.15. The Balaban J connectivity index is 1.61. The highest BCUT2D eigenvalue weighted by atomic mass is 16.5. The van der Waals surface area contributed by atoms with Crippen molar-refractivity contribution in [1.82, 2.24) is 25.1 Å². The molecule has 7 nitrogen and oxygen atoms in total. The number of tetrazole rings is 1. The summed E-state index contributed by atoms with van der Waals surface area (Å²) in [5.74, 6) is 2.34. The van der Waals surface area contributed by atoms with Gasteiger partial charge >= 0.3 is 0 Å². The van der Waals surface area contributed by atoms with Crippen LogP contribution >= 0.6 is 0 Å². The molecule has 1 aliphatic carbocycles. The lowest BCUT2D eigenvalue weighted by Crippen LogP contribution is -2.39. The average molecular weight is 388 g/mol. The van der Waals surface area contributed by atoms with Gasteiger partial charge in [-0.15, -0.1) is 5.10 Å². The number of ether oxygens (including phenoxy) is 1. The first kappa shape index (κ1) is 19.6. The molecule has 154 valence electrons. The third-order valence-corrected chi connectivity index (χ3v) is 6.13. The summed E-state index contributed by atoms with van der Waals surface area (Å²) in [4.78, 5) is 2.46. The van der Waals surface area contributed by atoms with E-state index in [-0.39, 0.29) is 12.1 Å². The van der Waals surface area contributed by atoms with Crippen LogP contribution in [0.1, 0.15) is 82.5 Å². The van der Waals surface area contributed by atoms with Crippen molar-refractivity contribution in [3.8, 4) is 0 Å². The monoisotopic (exact) mass is 387 g/mol. The van der Waals surface area contributed by atoms with Crippen molar-refractivity contribution in [3.05, 3.63) is 30.0 Å². The summed E-state index contributed by atoms with van der Waals surface area (Å²) >= 11 is 0. The summed E-state index contributed by atoms with van der Waals surface area (Å²) in [7, 11) is 0. The SMILES string of the molecule is CC(C)C(c1nnnn1C1CCCCC1)N(Cc1ccco1)CC1CCCO1. The van der Waals surface area contributed by atoms with E-state index in [1.165, 1.54) is 32.1 Å². The van der Waals surface area contributed by atoms with E-state index >= 15 is 0 Å². The standard InChI is InChI=1S/C21H33N5O2/c1-16(2)20(21-22-23-24-26(21)17-8-4-3-5-9-17)25(14-18-10-6-12-27-18)15-19-11-7-13-28-19/h6,10,12,16-17,19-20H,3-5,7-9,11,13-15H2,1-2H3. The molecule has 1 saturated carbocycles. The van der Waals surface area contributed by atoms with Crippen LogP contribution in [0.4, 0.5) is 0 Å². The van der Waals surface area contributed by atoms with Crippen LogP contribution in [0, 0.1) is 5.92 Å². The maximum atomic E-state index is 5.97. The van der Waals surface area contributed by atoms with Crippen molar-refractivity contribution in [2.75, 3.05) is 13.2 Å². The highest BCUT2D eigenvalue weighted by Gasteiger charge is 2.34. The van der Waals surface area contributed by atoms with Gasteiger partial charge in [0.2, 0.25) is 0 Å². The van der Waals surface area contributed by atoms with Gasteiger partial charge in [-0.3, -0.25) is 4.90 Å². The van der Waals surface area contributed by atoms with Crippen LogP contribution < -0.4 is 0 Å². The molecule has 0 bridgehead atoms. The topological polar surface area (TPSA) is 69.2 Å². The number of furan rings is 1. The van der Waals surface area contributed by atoms with E-state index in [0.29, 0.717) is 12.0 Å². The molecule has 28 heavy (non-hydrogen) atoms. The Labute approximate surface area is 167 Å². The minimum atomic E-state index is 0.131.